The largest absolute Gasteiger partial charge is 0.396 e. The lowest BCUT2D eigenvalue weighted by molar-refractivity contribution is -0.144. The van der Waals surface area contributed by atoms with Crippen LogP contribution in [0.4, 0.5) is 15.8 Å². The number of benzene rings is 1. The van der Waals surface area contributed by atoms with Gasteiger partial charge in [-0.15, -0.1) is 0 Å². The van der Waals surface area contributed by atoms with Crippen molar-refractivity contribution in [2.45, 2.75) is 53.4 Å². The molecule has 1 aromatic carbocycles. The van der Waals surface area contributed by atoms with Crippen LogP contribution in [0.5, 0.6) is 0 Å². The van der Waals surface area contributed by atoms with E-state index in [-0.39, 0.29) is 37.4 Å². The van der Waals surface area contributed by atoms with Crippen molar-refractivity contribution in [3.63, 3.8) is 0 Å². The molecule has 11 heteroatoms. The van der Waals surface area contributed by atoms with E-state index < -0.39 is 23.0 Å². The molecule has 1 aliphatic heterocycles. The second-order valence-electron chi connectivity index (χ2n) is 8.50. The fraction of sp³-hybridized carbons (Fsp3) is 0.407. The molecule has 3 aromatic rings. The molecule has 0 atom stereocenters. The number of alkyl halides is 1. The average Bonchev–Trinajstić information content (AvgIpc) is 2.90. The summed E-state index contributed by atoms with van der Waals surface area (Å²) in [5.74, 6) is -1.06. The van der Waals surface area contributed by atoms with Gasteiger partial charge in [-0.25, -0.2) is 9.37 Å². The third kappa shape index (κ3) is 6.80. The highest BCUT2D eigenvalue weighted by atomic mass is 35.5. The minimum atomic E-state index is -1.45. The maximum Gasteiger partial charge on any atom is 0.265 e. The van der Waals surface area contributed by atoms with E-state index in [0.29, 0.717) is 21.8 Å². The van der Waals surface area contributed by atoms with Crippen molar-refractivity contribution in [3.05, 3.63) is 63.0 Å². The number of nitrogens with one attached hydrogen (secondary N) is 2. The Bertz CT molecular complexity index is 1330. The van der Waals surface area contributed by atoms with Gasteiger partial charge < -0.3 is 21.3 Å². The minimum absolute atomic E-state index is 0.0536. The molecule has 0 aliphatic carbocycles. The van der Waals surface area contributed by atoms with Crippen LogP contribution in [0.1, 0.15) is 50.5 Å². The number of nitrogen functional groups attached to an aromatic ring is 1. The van der Waals surface area contributed by atoms with Gasteiger partial charge in [0.15, 0.2) is 0 Å². The van der Waals surface area contributed by atoms with Gasteiger partial charge in [-0.05, 0) is 30.7 Å². The number of hydrogen-bond donors (Lipinski definition) is 3. The van der Waals surface area contributed by atoms with Crippen LogP contribution in [0.15, 0.2) is 41.3 Å². The molecule has 1 saturated heterocycles. The van der Waals surface area contributed by atoms with E-state index in [9.17, 15) is 18.8 Å². The molecule has 206 valence electrons. The van der Waals surface area contributed by atoms with Gasteiger partial charge in [-0.3, -0.25) is 19.0 Å². The summed E-state index contributed by atoms with van der Waals surface area (Å²) in [7, 11) is 1.65. The molecule has 0 radical (unpaired) electrons. The first-order valence-electron chi connectivity index (χ1n) is 12.6. The number of nitrogens with zero attached hydrogens (tertiary/aromatic N) is 3. The zero-order valence-corrected chi connectivity index (χ0v) is 23.4. The first-order chi connectivity index (χ1) is 18.1. The fourth-order valence-electron chi connectivity index (χ4n) is 3.96. The van der Waals surface area contributed by atoms with E-state index in [1.165, 1.54) is 24.1 Å². The van der Waals surface area contributed by atoms with Crippen LogP contribution in [0.2, 0.25) is 5.02 Å². The summed E-state index contributed by atoms with van der Waals surface area (Å²) in [5.41, 5.74) is 5.50. The first kappa shape index (κ1) is 30.6. The van der Waals surface area contributed by atoms with Crippen LogP contribution in [-0.2, 0) is 17.9 Å². The van der Waals surface area contributed by atoms with Gasteiger partial charge in [0.25, 0.3) is 11.5 Å². The third-order valence-corrected chi connectivity index (χ3v) is 5.94. The molecule has 4 rings (SSSR count). The maximum atomic E-state index is 13.9. The summed E-state index contributed by atoms with van der Waals surface area (Å²) in [6, 6.07) is 8.32. The number of carbonyl (C=O) groups is 2. The quantitative estimate of drug-likeness (QED) is 0.425. The Labute approximate surface area is 227 Å². The molecule has 4 N–H and O–H groups in total. The number of fused-ring (bicyclic) bond motifs is 1. The lowest BCUT2D eigenvalue weighted by Crippen LogP contribution is -2.60. The van der Waals surface area contributed by atoms with Crippen molar-refractivity contribution in [1.29, 1.82) is 0 Å². The van der Waals surface area contributed by atoms with Gasteiger partial charge in [0.1, 0.15) is 23.4 Å². The Kier molecular flexibility index (Phi) is 10.6. The molecule has 2 aromatic heterocycles. The summed E-state index contributed by atoms with van der Waals surface area (Å²) < 4.78 is 15.0. The highest BCUT2D eigenvalue weighted by Crippen LogP contribution is 2.28. The van der Waals surface area contributed by atoms with Crippen molar-refractivity contribution in [2.75, 3.05) is 31.2 Å². The van der Waals surface area contributed by atoms with Gasteiger partial charge in [0.05, 0.1) is 30.7 Å². The van der Waals surface area contributed by atoms with Crippen molar-refractivity contribution in [1.82, 2.24) is 19.8 Å². The number of pyridine rings is 2. The normalized spacial score (nSPS) is 13.3. The summed E-state index contributed by atoms with van der Waals surface area (Å²) in [4.78, 5) is 44.6. The van der Waals surface area contributed by atoms with Crippen molar-refractivity contribution in [2.24, 2.45) is 0 Å². The molecule has 3 heterocycles. The molecule has 0 unspecified atom stereocenters. The highest BCUT2D eigenvalue weighted by molar-refractivity contribution is 6.30. The second-order valence-corrected chi connectivity index (χ2v) is 8.93. The molecule has 1 fully saturated rings. The number of amides is 2. The molecular formula is C27H36ClFN6O3. The Balaban J connectivity index is 0.00000121. The van der Waals surface area contributed by atoms with E-state index in [4.69, 9.17) is 17.3 Å². The Morgan fingerprint density at radius 3 is 2.32 bits per heavy atom. The number of carbonyl (C=O) groups excluding carboxylic acids is 2. The summed E-state index contributed by atoms with van der Waals surface area (Å²) in [5, 5.41) is 6.64. The lowest BCUT2D eigenvalue weighted by Gasteiger charge is -2.42. The number of hydrogen-bond acceptors (Lipinski definition) is 6. The summed E-state index contributed by atoms with van der Waals surface area (Å²) in [6.07, 6.45) is 1.37. The van der Waals surface area contributed by atoms with Gasteiger partial charge in [0, 0.05) is 24.0 Å². The monoisotopic (exact) mass is 546 g/mol. The van der Waals surface area contributed by atoms with E-state index in [2.05, 4.69) is 15.6 Å². The third-order valence-electron chi connectivity index (χ3n) is 5.69. The number of rotatable bonds is 6. The average molecular weight is 547 g/mol. The number of aromatic nitrogens is 2. The van der Waals surface area contributed by atoms with Crippen LogP contribution >= 0.6 is 11.6 Å². The molecule has 0 saturated carbocycles. The number of anilines is 2. The van der Waals surface area contributed by atoms with Crippen molar-refractivity contribution < 1.29 is 14.0 Å². The predicted octanol–water partition coefficient (Wildman–Crippen LogP) is 4.23. The predicted molar refractivity (Wildman–Crippen MR) is 151 cm³/mol. The van der Waals surface area contributed by atoms with E-state index in [1.807, 2.05) is 27.7 Å². The second kappa shape index (κ2) is 13.2. The topological polar surface area (TPSA) is 122 Å². The van der Waals surface area contributed by atoms with E-state index in [1.54, 1.807) is 31.3 Å². The fourth-order valence-corrected chi connectivity index (χ4v) is 4.09. The van der Waals surface area contributed by atoms with Gasteiger partial charge in [-0.2, -0.15) is 0 Å². The smallest absolute Gasteiger partial charge is 0.265 e. The zero-order valence-electron chi connectivity index (χ0n) is 22.7. The van der Waals surface area contributed by atoms with Crippen molar-refractivity contribution in [3.8, 4) is 0 Å². The van der Waals surface area contributed by atoms with Gasteiger partial charge in [-0.1, -0.05) is 51.4 Å². The van der Waals surface area contributed by atoms with E-state index in [0.717, 1.165) is 10.1 Å². The Hall–Kier alpha value is -3.66. The van der Waals surface area contributed by atoms with Crippen LogP contribution in [0.25, 0.3) is 11.0 Å². The number of nitrogens with two attached hydrogens (primary N) is 1. The summed E-state index contributed by atoms with van der Waals surface area (Å²) in [6.45, 7) is 9.09. The van der Waals surface area contributed by atoms with Crippen molar-refractivity contribution >= 4 is 45.8 Å². The Morgan fingerprint density at radius 1 is 1.16 bits per heavy atom. The maximum absolute atomic E-state index is 13.9. The zero-order chi connectivity index (χ0) is 28.6. The van der Waals surface area contributed by atoms with Crippen LogP contribution in [-0.4, -0.2) is 52.1 Å². The lowest BCUT2D eigenvalue weighted by atomic mass is 9.99. The van der Waals surface area contributed by atoms with E-state index >= 15 is 0 Å². The molecule has 1 aliphatic rings. The molecule has 9 nitrogen and oxygen atoms in total. The highest BCUT2D eigenvalue weighted by Gasteiger charge is 2.41. The first-order valence-corrected chi connectivity index (χ1v) is 13.0. The SMILES string of the molecule is CC.CC.CNc1c(N)cnc2c1cc(C(=O)NCc1ccc(Cl)cc1)c(=O)n2CC(=O)N1CC(C)(F)C1. The van der Waals surface area contributed by atoms with Gasteiger partial charge >= 0.3 is 0 Å². The standard InChI is InChI=1S/C23H24ClFN6O3.2C2H6/c1-23(25)11-30(12-23)18(32)10-31-20-15(19(27-2)17(26)9-28-20)7-16(22(31)34)21(33)29-8-13-3-5-14(24)6-4-13;2*1-2/h3-7,9H,8,10-12,26H2,1-2H3,(H,27,28)(H,29,33);2*1-2H3. The Morgan fingerprint density at radius 2 is 1.76 bits per heavy atom. The molecule has 2 amide bonds. The van der Waals surface area contributed by atoms with Crippen LogP contribution in [0.3, 0.4) is 0 Å². The van der Waals surface area contributed by atoms with Crippen LogP contribution < -0.4 is 21.9 Å². The number of halogens is 2. The van der Waals surface area contributed by atoms with Crippen LogP contribution in [0, 0.1) is 0 Å². The summed E-state index contributed by atoms with van der Waals surface area (Å²) >= 11 is 5.89. The minimum Gasteiger partial charge on any atom is -0.396 e. The molecule has 38 heavy (non-hydrogen) atoms. The molecular weight excluding hydrogens is 511 g/mol. The molecule has 0 spiro atoms. The number of likely N-dealkylation sites (tertiary alicyclic amines) is 1. The van der Waals surface area contributed by atoms with Gasteiger partial charge in [0.2, 0.25) is 5.91 Å². The molecule has 0 bridgehead atoms.